The van der Waals surface area contributed by atoms with Crippen LogP contribution in [0.2, 0.25) is 0 Å². The molecule has 1 fully saturated rings. The molecule has 19 heavy (non-hydrogen) atoms. The molecular formula is C12H13F3N2O2. The molecule has 1 aromatic heterocycles. The van der Waals surface area contributed by atoms with Crippen LogP contribution in [0.4, 0.5) is 13.2 Å². The van der Waals surface area contributed by atoms with Crippen molar-refractivity contribution in [1.82, 2.24) is 9.88 Å². The van der Waals surface area contributed by atoms with Crippen molar-refractivity contribution in [1.29, 1.82) is 0 Å². The van der Waals surface area contributed by atoms with Gasteiger partial charge in [-0.3, -0.25) is 9.78 Å². The first-order chi connectivity index (χ1) is 8.88. The summed E-state index contributed by atoms with van der Waals surface area (Å²) in [5.41, 5.74) is -0.887. The zero-order chi connectivity index (χ0) is 14.0. The third-order valence-corrected chi connectivity index (χ3v) is 3.05. The number of aromatic nitrogens is 1. The van der Waals surface area contributed by atoms with Crippen molar-refractivity contribution in [2.45, 2.75) is 25.1 Å². The Labute approximate surface area is 107 Å². The summed E-state index contributed by atoms with van der Waals surface area (Å²) in [5, 5.41) is 9.33. The van der Waals surface area contributed by atoms with Crippen LogP contribution < -0.4 is 0 Å². The number of pyridine rings is 1. The summed E-state index contributed by atoms with van der Waals surface area (Å²) in [5.74, 6) is -0.354. The SMILES string of the molecule is O=C(c1ccc(C(F)(F)F)nc1)N1CCC(O)CC1. The van der Waals surface area contributed by atoms with Crippen LogP contribution in [0, 0.1) is 0 Å². The van der Waals surface area contributed by atoms with Gasteiger partial charge < -0.3 is 10.0 Å². The molecule has 1 N–H and O–H groups in total. The van der Waals surface area contributed by atoms with E-state index in [-0.39, 0.29) is 11.5 Å². The quantitative estimate of drug-likeness (QED) is 0.848. The lowest BCUT2D eigenvalue weighted by atomic mass is 10.1. The van der Waals surface area contributed by atoms with Gasteiger partial charge in [-0.05, 0) is 25.0 Å². The third kappa shape index (κ3) is 3.23. The van der Waals surface area contributed by atoms with E-state index in [1.807, 2.05) is 0 Å². The Kier molecular flexibility index (Phi) is 3.75. The molecule has 0 unspecified atom stereocenters. The van der Waals surface area contributed by atoms with E-state index in [0.717, 1.165) is 18.3 Å². The molecule has 1 aromatic rings. The number of carbonyl (C=O) groups is 1. The zero-order valence-electron chi connectivity index (χ0n) is 10.0. The average molecular weight is 274 g/mol. The second-order valence-electron chi connectivity index (χ2n) is 4.45. The van der Waals surface area contributed by atoms with Crippen LogP contribution in [0.1, 0.15) is 28.9 Å². The molecule has 0 atom stereocenters. The van der Waals surface area contributed by atoms with Gasteiger partial charge in [-0.25, -0.2) is 0 Å². The summed E-state index contributed by atoms with van der Waals surface area (Å²) in [6.07, 6.45) is -3.00. The monoisotopic (exact) mass is 274 g/mol. The summed E-state index contributed by atoms with van der Waals surface area (Å²) >= 11 is 0. The predicted molar refractivity (Wildman–Crippen MR) is 60.4 cm³/mol. The van der Waals surface area contributed by atoms with Gasteiger partial charge >= 0.3 is 6.18 Å². The van der Waals surface area contributed by atoms with Crippen LogP contribution >= 0.6 is 0 Å². The number of aliphatic hydroxyl groups excluding tert-OH is 1. The lowest BCUT2D eigenvalue weighted by molar-refractivity contribution is -0.141. The fraction of sp³-hybridized carbons (Fsp3) is 0.500. The summed E-state index contributed by atoms with van der Waals surface area (Å²) < 4.78 is 37.0. The molecule has 0 bridgehead atoms. The van der Waals surface area contributed by atoms with E-state index >= 15 is 0 Å². The van der Waals surface area contributed by atoms with E-state index in [1.165, 1.54) is 4.90 Å². The van der Waals surface area contributed by atoms with E-state index in [1.54, 1.807) is 0 Å². The molecule has 2 heterocycles. The molecule has 7 heteroatoms. The van der Waals surface area contributed by atoms with Crippen molar-refractivity contribution in [3.63, 3.8) is 0 Å². The molecule has 1 aliphatic rings. The summed E-state index contributed by atoms with van der Waals surface area (Å²) in [6, 6.07) is 1.93. The van der Waals surface area contributed by atoms with E-state index in [4.69, 9.17) is 0 Å². The Morgan fingerprint density at radius 3 is 2.42 bits per heavy atom. The van der Waals surface area contributed by atoms with Crippen molar-refractivity contribution in [3.8, 4) is 0 Å². The highest BCUT2D eigenvalue weighted by Crippen LogP contribution is 2.27. The second-order valence-corrected chi connectivity index (χ2v) is 4.45. The van der Waals surface area contributed by atoms with Crippen LogP contribution in [-0.2, 0) is 6.18 Å². The normalized spacial score (nSPS) is 17.6. The van der Waals surface area contributed by atoms with E-state index in [2.05, 4.69) is 4.98 Å². The molecular weight excluding hydrogens is 261 g/mol. The first-order valence-corrected chi connectivity index (χ1v) is 5.88. The van der Waals surface area contributed by atoms with Gasteiger partial charge in [0.05, 0.1) is 11.7 Å². The fourth-order valence-electron chi connectivity index (χ4n) is 1.94. The molecule has 1 saturated heterocycles. The van der Waals surface area contributed by atoms with Gasteiger partial charge in [0, 0.05) is 19.3 Å². The van der Waals surface area contributed by atoms with Crippen LogP contribution in [-0.4, -0.2) is 40.1 Å². The van der Waals surface area contributed by atoms with Crippen LogP contribution in [0.25, 0.3) is 0 Å². The summed E-state index contributed by atoms with van der Waals surface area (Å²) in [7, 11) is 0. The smallest absolute Gasteiger partial charge is 0.393 e. The van der Waals surface area contributed by atoms with E-state index < -0.39 is 18.0 Å². The highest BCUT2D eigenvalue weighted by atomic mass is 19.4. The largest absolute Gasteiger partial charge is 0.433 e. The molecule has 1 aliphatic heterocycles. The Hall–Kier alpha value is -1.63. The average Bonchev–Trinajstić information content (AvgIpc) is 2.38. The number of carbonyl (C=O) groups excluding carboxylic acids is 1. The number of alkyl halides is 3. The van der Waals surface area contributed by atoms with E-state index in [0.29, 0.717) is 25.9 Å². The van der Waals surface area contributed by atoms with Crippen LogP contribution in [0.15, 0.2) is 18.3 Å². The Balaban J connectivity index is 2.08. The predicted octanol–water partition coefficient (Wildman–Crippen LogP) is 1.70. The molecule has 2 rings (SSSR count). The molecule has 0 aromatic carbocycles. The maximum atomic E-state index is 12.3. The molecule has 0 spiro atoms. The van der Waals surface area contributed by atoms with Crippen LogP contribution in [0.3, 0.4) is 0 Å². The van der Waals surface area contributed by atoms with E-state index in [9.17, 15) is 23.1 Å². The van der Waals surface area contributed by atoms with Crippen molar-refractivity contribution in [2.24, 2.45) is 0 Å². The first-order valence-electron chi connectivity index (χ1n) is 5.88. The summed E-state index contributed by atoms with van der Waals surface area (Å²) in [6.45, 7) is 0.808. The fourth-order valence-corrected chi connectivity index (χ4v) is 1.94. The van der Waals surface area contributed by atoms with Gasteiger partial charge in [-0.1, -0.05) is 0 Å². The Morgan fingerprint density at radius 2 is 1.95 bits per heavy atom. The van der Waals surface area contributed by atoms with Gasteiger partial charge in [0.15, 0.2) is 0 Å². The number of piperidine rings is 1. The number of amides is 1. The lowest BCUT2D eigenvalue weighted by Crippen LogP contribution is -2.40. The molecule has 0 saturated carbocycles. The first kappa shape index (κ1) is 13.8. The summed E-state index contributed by atoms with van der Waals surface area (Å²) in [4.78, 5) is 16.8. The highest BCUT2D eigenvalue weighted by molar-refractivity contribution is 5.94. The zero-order valence-corrected chi connectivity index (χ0v) is 10.0. The molecule has 0 aliphatic carbocycles. The molecule has 104 valence electrons. The van der Waals surface area contributed by atoms with Gasteiger partial charge in [0.25, 0.3) is 5.91 Å². The number of likely N-dealkylation sites (tertiary alicyclic amines) is 1. The minimum Gasteiger partial charge on any atom is -0.393 e. The minimum absolute atomic E-state index is 0.129. The number of rotatable bonds is 1. The third-order valence-electron chi connectivity index (χ3n) is 3.05. The topological polar surface area (TPSA) is 53.4 Å². The second kappa shape index (κ2) is 5.16. The van der Waals surface area contributed by atoms with Gasteiger partial charge in [0.1, 0.15) is 5.69 Å². The number of nitrogens with zero attached hydrogens (tertiary/aromatic N) is 2. The van der Waals surface area contributed by atoms with Crippen molar-refractivity contribution in [2.75, 3.05) is 13.1 Å². The maximum absolute atomic E-state index is 12.3. The molecule has 0 radical (unpaired) electrons. The number of hydrogen-bond donors (Lipinski definition) is 1. The van der Waals surface area contributed by atoms with Gasteiger partial charge in [-0.2, -0.15) is 13.2 Å². The van der Waals surface area contributed by atoms with Crippen molar-refractivity contribution in [3.05, 3.63) is 29.6 Å². The molecule has 4 nitrogen and oxygen atoms in total. The lowest BCUT2D eigenvalue weighted by Gasteiger charge is -2.29. The number of aliphatic hydroxyl groups is 1. The Morgan fingerprint density at radius 1 is 1.32 bits per heavy atom. The van der Waals surface area contributed by atoms with Crippen LogP contribution in [0.5, 0.6) is 0 Å². The maximum Gasteiger partial charge on any atom is 0.433 e. The van der Waals surface area contributed by atoms with Crippen molar-refractivity contribution >= 4 is 5.91 Å². The molecule has 1 amide bonds. The Bertz CT molecular complexity index is 451. The minimum atomic E-state index is -4.50. The highest BCUT2D eigenvalue weighted by Gasteiger charge is 2.32. The number of hydrogen-bond acceptors (Lipinski definition) is 3. The standard InChI is InChI=1S/C12H13F3N2O2/c13-12(14,15)10-2-1-8(7-16-10)11(19)17-5-3-9(18)4-6-17/h1-2,7,9,18H,3-6H2. The number of halogens is 3. The van der Waals surface area contributed by atoms with Crippen molar-refractivity contribution < 1.29 is 23.1 Å². The van der Waals surface area contributed by atoms with Gasteiger partial charge in [-0.15, -0.1) is 0 Å². The van der Waals surface area contributed by atoms with Gasteiger partial charge in [0.2, 0.25) is 0 Å².